The Bertz CT molecular complexity index is 741. The molecular formula is C14H12N2O3. The molecule has 96 valence electrons. The first-order valence-electron chi connectivity index (χ1n) is 5.86. The van der Waals surface area contributed by atoms with Gasteiger partial charge in [0.2, 0.25) is 0 Å². The van der Waals surface area contributed by atoms with Gasteiger partial charge in [0.05, 0.1) is 23.7 Å². The predicted molar refractivity (Wildman–Crippen MR) is 69.8 cm³/mol. The van der Waals surface area contributed by atoms with Crippen LogP contribution >= 0.6 is 0 Å². The summed E-state index contributed by atoms with van der Waals surface area (Å²) in [6.07, 6.45) is 1.61. The summed E-state index contributed by atoms with van der Waals surface area (Å²) in [5, 5.41) is 8.83. The lowest BCUT2D eigenvalue weighted by Gasteiger charge is -2.00. The zero-order chi connectivity index (χ0) is 13.4. The van der Waals surface area contributed by atoms with E-state index in [1.165, 1.54) is 0 Å². The number of carbonyl (C=O) groups is 1. The summed E-state index contributed by atoms with van der Waals surface area (Å²) >= 11 is 0. The first kappa shape index (κ1) is 11.5. The number of furan rings is 1. The number of benzene rings is 1. The Balaban J connectivity index is 2.13. The molecule has 0 amide bonds. The summed E-state index contributed by atoms with van der Waals surface area (Å²) in [6.45, 7) is 0. The van der Waals surface area contributed by atoms with E-state index < -0.39 is 5.97 Å². The third kappa shape index (κ3) is 1.99. The van der Waals surface area contributed by atoms with Gasteiger partial charge in [-0.2, -0.15) is 0 Å². The van der Waals surface area contributed by atoms with Gasteiger partial charge in [0.25, 0.3) is 0 Å². The van der Waals surface area contributed by atoms with E-state index in [2.05, 4.69) is 4.98 Å². The lowest BCUT2D eigenvalue weighted by molar-refractivity contribution is -0.136. The van der Waals surface area contributed by atoms with Gasteiger partial charge in [0.15, 0.2) is 11.6 Å². The minimum Gasteiger partial charge on any atom is -0.481 e. The van der Waals surface area contributed by atoms with Crippen molar-refractivity contribution < 1.29 is 14.3 Å². The topological polar surface area (TPSA) is 68.3 Å². The highest BCUT2D eigenvalue weighted by molar-refractivity contribution is 5.81. The van der Waals surface area contributed by atoms with Crippen molar-refractivity contribution in [3.8, 4) is 11.6 Å². The van der Waals surface area contributed by atoms with E-state index in [1.54, 1.807) is 12.3 Å². The average Bonchev–Trinajstić information content (AvgIpc) is 2.97. The van der Waals surface area contributed by atoms with Crippen molar-refractivity contribution >= 4 is 17.0 Å². The van der Waals surface area contributed by atoms with Crippen LogP contribution in [0.25, 0.3) is 22.6 Å². The molecule has 1 aromatic carbocycles. The minimum atomic E-state index is -0.840. The Morgan fingerprint density at radius 3 is 2.95 bits per heavy atom. The largest absolute Gasteiger partial charge is 0.481 e. The maximum Gasteiger partial charge on any atom is 0.307 e. The van der Waals surface area contributed by atoms with Crippen LogP contribution in [0.5, 0.6) is 0 Å². The number of rotatable bonds is 3. The van der Waals surface area contributed by atoms with Crippen molar-refractivity contribution in [1.29, 1.82) is 0 Å². The zero-order valence-electron chi connectivity index (χ0n) is 10.3. The molecule has 19 heavy (non-hydrogen) atoms. The molecule has 2 heterocycles. The second-order valence-electron chi connectivity index (χ2n) is 4.37. The fourth-order valence-corrected chi connectivity index (χ4v) is 2.15. The van der Waals surface area contributed by atoms with Gasteiger partial charge in [-0.05, 0) is 29.8 Å². The van der Waals surface area contributed by atoms with Crippen molar-refractivity contribution in [2.75, 3.05) is 0 Å². The van der Waals surface area contributed by atoms with Gasteiger partial charge < -0.3 is 14.1 Å². The molecule has 0 spiro atoms. The Hall–Kier alpha value is -2.56. The highest BCUT2D eigenvalue weighted by Crippen LogP contribution is 2.24. The molecule has 5 nitrogen and oxygen atoms in total. The van der Waals surface area contributed by atoms with Gasteiger partial charge in [0.1, 0.15) is 0 Å². The number of carboxylic acid groups (broad SMARTS) is 1. The van der Waals surface area contributed by atoms with E-state index in [0.29, 0.717) is 5.76 Å². The number of imidazole rings is 1. The van der Waals surface area contributed by atoms with Gasteiger partial charge in [0, 0.05) is 7.05 Å². The minimum absolute atomic E-state index is 0.0111. The van der Waals surface area contributed by atoms with Crippen molar-refractivity contribution in [2.24, 2.45) is 7.05 Å². The van der Waals surface area contributed by atoms with E-state index >= 15 is 0 Å². The Kier molecular flexibility index (Phi) is 2.59. The van der Waals surface area contributed by atoms with Crippen molar-refractivity contribution in [1.82, 2.24) is 9.55 Å². The quantitative estimate of drug-likeness (QED) is 0.781. The van der Waals surface area contributed by atoms with Crippen LogP contribution in [0.4, 0.5) is 0 Å². The highest BCUT2D eigenvalue weighted by atomic mass is 16.4. The maximum atomic E-state index is 10.7. The fraction of sp³-hybridized carbons (Fsp3) is 0.143. The highest BCUT2D eigenvalue weighted by Gasteiger charge is 2.12. The molecule has 0 fully saturated rings. The van der Waals surface area contributed by atoms with Crippen LogP contribution in [-0.4, -0.2) is 20.6 Å². The van der Waals surface area contributed by atoms with Crippen molar-refractivity contribution in [2.45, 2.75) is 6.42 Å². The molecule has 5 heteroatoms. The van der Waals surface area contributed by atoms with Crippen LogP contribution in [0.3, 0.4) is 0 Å². The zero-order valence-corrected chi connectivity index (χ0v) is 10.3. The van der Waals surface area contributed by atoms with Gasteiger partial charge >= 0.3 is 5.97 Å². The summed E-state index contributed by atoms with van der Waals surface area (Å²) in [4.78, 5) is 15.2. The molecule has 0 unspecified atom stereocenters. The molecule has 0 saturated carbocycles. The standard InChI is InChI=1S/C14H12N2O3/c1-16-11-7-9(8-13(17)18)4-5-10(11)15-14(16)12-3-2-6-19-12/h2-7H,8H2,1H3,(H,17,18). The van der Waals surface area contributed by atoms with Crippen molar-refractivity contribution in [3.05, 3.63) is 42.2 Å². The second kappa shape index (κ2) is 4.28. The van der Waals surface area contributed by atoms with Gasteiger partial charge in [-0.15, -0.1) is 0 Å². The molecule has 0 saturated heterocycles. The van der Waals surface area contributed by atoms with Crippen LogP contribution in [0.2, 0.25) is 0 Å². The van der Waals surface area contributed by atoms with E-state index in [-0.39, 0.29) is 6.42 Å². The number of nitrogens with zero attached hydrogens (tertiary/aromatic N) is 2. The van der Waals surface area contributed by atoms with Crippen LogP contribution in [-0.2, 0) is 18.3 Å². The van der Waals surface area contributed by atoms with Crippen LogP contribution in [0.1, 0.15) is 5.56 Å². The molecule has 3 rings (SSSR count). The average molecular weight is 256 g/mol. The number of hydrogen-bond donors (Lipinski definition) is 1. The number of hydrogen-bond acceptors (Lipinski definition) is 3. The molecule has 0 radical (unpaired) electrons. The van der Waals surface area contributed by atoms with E-state index in [9.17, 15) is 4.79 Å². The van der Waals surface area contributed by atoms with E-state index in [1.807, 2.05) is 35.9 Å². The molecule has 2 aromatic heterocycles. The summed E-state index contributed by atoms with van der Waals surface area (Å²) in [5.74, 6) is 0.582. The lowest BCUT2D eigenvalue weighted by atomic mass is 10.1. The molecule has 0 aliphatic rings. The lowest BCUT2D eigenvalue weighted by Crippen LogP contribution is -2.00. The normalized spacial score (nSPS) is 11.0. The first-order valence-corrected chi connectivity index (χ1v) is 5.86. The van der Waals surface area contributed by atoms with Crippen LogP contribution in [0, 0.1) is 0 Å². The molecule has 1 N–H and O–H groups in total. The van der Waals surface area contributed by atoms with Gasteiger partial charge in [-0.25, -0.2) is 4.98 Å². The molecule has 0 bridgehead atoms. The molecule has 0 aliphatic heterocycles. The molecular weight excluding hydrogens is 244 g/mol. The Morgan fingerprint density at radius 2 is 2.26 bits per heavy atom. The van der Waals surface area contributed by atoms with Crippen LogP contribution < -0.4 is 0 Å². The summed E-state index contributed by atoms with van der Waals surface area (Å²) in [6, 6.07) is 9.13. The maximum absolute atomic E-state index is 10.7. The smallest absolute Gasteiger partial charge is 0.307 e. The monoisotopic (exact) mass is 256 g/mol. The van der Waals surface area contributed by atoms with E-state index in [0.717, 1.165) is 22.4 Å². The fourth-order valence-electron chi connectivity index (χ4n) is 2.15. The number of fused-ring (bicyclic) bond motifs is 1. The Labute approximate surface area is 109 Å². The van der Waals surface area contributed by atoms with Crippen molar-refractivity contribution in [3.63, 3.8) is 0 Å². The summed E-state index contributed by atoms with van der Waals surface area (Å²) in [5.41, 5.74) is 2.47. The van der Waals surface area contributed by atoms with Gasteiger partial charge in [-0.3, -0.25) is 4.79 Å². The first-order chi connectivity index (χ1) is 9.15. The molecule has 0 atom stereocenters. The summed E-state index contributed by atoms with van der Waals surface area (Å²) in [7, 11) is 1.89. The van der Waals surface area contributed by atoms with Crippen LogP contribution in [0.15, 0.2) is 41.0 Å². The molecule has 3 aromatic rings. The number of aryl methyl sites for hydroxylation is 1. The predicted octanol–water partition coefficient (Wildman–Crippen LogP) is 2.46. The number of carboxylic acids is 1. The summed E-state index contributed by atoms with van der Waals surface area (Å²) < 4.78 is 7.25. The van der Waals surface area contributed by atoms with E-state index in [4.69, 9.17) is 9.52 Å². The second-order valence-corrected chi connectivity index (χ2v) is 4.37. The number of aliphatic carboxylic acids is 1. The SMILES string of the molecule is Cn1c(-c2ccco2)nc2ccc(CC(=O)O)cc21. The number of aromatic nitrogens is 2. The third-order valence-electron chi connectivity index (χ3n) is 3.04. The molecule has 0 aliphatic carbocycles. The Morgan fingerprint density at radius 1 is 1.42 bits per heavy atom. The van der Waals surface area contributed by atoms with Gasteiger partial charge in [-0.1, -0.05) is 6.07 Å². The third-order valence-corrected chi connectivity index (χ3v) is 3.04.